The zero-order valence-corrected chi connectivity index (χ0v) is 9.94. The molecule has 0 spiro atoms. The van der Waals surface area contributed by atoms with E-state index in [1.807, 2.05) is 0 Å². The first kappa shape index (κ1) is 14.0. The van der Waals surface area contributed by atoms with Gasteiger partial charge in [0.1, 0.15) is 12.1 Å². The summed E-state index contributed by atoms with van der Waals surface area (Å²) in [5, 5.41) is 13.9. The monoisotopic (exact) mass is 252 g/mol. The number of carbonyl (C=O) groups excluding carboxylic acids is 2. The second kappa shape index (κ2) is 6.64. The summed E-state index contributed by atoms with van der Waals surface area (Å²) in [4.78, 5) is 33.6. The van der Waals surface area contributed by atoms with Crippen molar-refractivity contribution in [3.05, 3.63) is 0 Å². The number of carbonyl (C=O) groups is 3. The smallest absolute Gasteiger partial charge is 0.326 e. The van der Waals surface area contributed by atoms with Gasteiger partial charge < -0.3 is 15.7 Å². The Morgan fingerprint density at radius 1 is 1.61 bits per heavy atom. The topological polar surface area (TPSA) is 95.5 Å². The van der Waals surface area contributed by atoms with Gasteiger partial charge in [0.25, 0.3) is 0 Å². The quantitative estimate of drug-likeness (QED) is 0.444. The molecular weight excluding hydrogens is 236 g/mol. The van der Waals surface area contributed by atoms with Gasteiger partial charge in [0.15, 0.2) is 0 Å². The predicted octanol–water partition coefficient (Wildman–Crippen LogP) is -0.362. The summed E-state index contributed by atoms with van der Waals surface area (Å²) < 4.78 is 0. The molecule has 2 amide bonds. The van der Waals surface area contributed by atoms with E-state index in [1.165, 1.54) is 0 Å². The van der Waals surface area contributed by atoms with Crippen LogP contribution < -0.4 is 10.6 Å². The molecule has 6 nitrogen and oxygen atoms in total. The molecule has 1 saturated heterocycles. The Balaban J connectivity index is 2.45. The molecular formula is C12H16N2O4. The van der Waals surface area contributed by atoms with Gasteiger partial charge >= 0.3 is 5.97 Å². The van der Waals surface area contributed by atoms with Crippen LogP contribution in [0.2, 0.25) is 0 Å². The number of unbranched alkanes of at least 4 members (excludes halogenated alkanes) is 1. The number of hydrogen-bond donors (Lipinski definition) is 3. The summed E-state index contributed by atoms with van der Waals surface area (Å²) >= 11 is 0. The van der Waals surface area contributed by atoms with Crippen molar-refractivity contribution >= 4 is 17.8 Å². The molecule has 3 N–H and O–H groups in total. The average Bonchev–Trinajstić information content (AvgIpc) is 2.74. The summed E-state index contributed by atoms with van der Waals surface area (Å²) in [6.45, 7) is 0. The molecule has 0 bridgehead atoms. The lowest BCUT2D eigenvalue weighted by Crippen LogP contribution is -2.48. The summed E-state index contributed by atoms with van der Waals surface area (Å²) in [7, 11) is 0. The molecule has 0 unspecified atom stereocenters. The summed E-state index contributed by atoms with van der Waals surface area (Å²) in [5.41, 5.74) is 0. The van der Waals surface area contributed by atoms with Gasteiger partial charge in [0.05, 0.1) is 0 Å². The van der Waals surface area contributed by atoms with E-state index in [4.69, 9.17) is 11.5 Å². The molecule has 1 heterocycles. The maximum absolute atomic E-state index is 11.7. The Kier molecular flexibility index (Phi) is 5.18. The fourth-order valence-corrected chi connectivity index (χ4v) is 1.75. The number of aliphatic carboxylic acids is 1. The highest BCUT2D eigenvalue weighted by Gasteiger charge is 2.30. The summed E-state index contributed by atoms with van der Waals surface area (Å²) in [5.74, 6) is 0.685. The van der Waals surface area contributed by atoms with Gasteiger partial charge in [0, 0.05) is 12.8 Å². The van der Waals surface area contributed by atoms with Crippen molar-refractivity contribution in [1.82, 2.24) is 10.6 Å². The largest absolute Gasteiger partial charge is 0.480 e. The third-order valence-corrected chi connectivity index (χ3v) is 2.74. The van der Waals surface area contributed by atoms with Gasteiger partial charge in [-0.15, -0.1) is 12.3 Å². The van der Waals surface area contributed by atoms with E-state index in [0.29, 0.717) is 25.7 Å². The number of carboxylic acid groups (broad SMARTS) is 1. The third-order valence-electron chi connectivity index (χ3n) is 2.74. The second-order valence-electron chi connectivity index (χ2n) is 4.15. The molecule has 18 heavy (non-hydrogen) atoms. The van der Waals surface area contributed by atoms with Crippen LogP contribution in [0.5, 0.6) is 0 Å². The van der Waals surface area contributed by atoms with E-state index in [-0.39, 0.29) is 12.3 Å². The number of carboxylic acids is 1. The molecule has 1 rings (SSSR count). The molecule has 0 aromatic heterocycles. The number of nitrogens with one attached hydrogen (secondary N) is 2. The molecule has 0 saturated carbocycles. The molecule has 0 aliphatic carbocycles. The van der Waals surface area contributed by atoms with Gasteiger partial charge in [-0.2, -0.15) is 0 Å². The minimum Gasteiger partial charge on any atom is -0.480 e. The van der Waals surface area contributed by atoms with Crippen molar-refractivity contribution in [2.24, 2.45) is 0 Å². The average molecular weight is 252 g/mol. The van der Waals surface area contributed by atoms with E-state index in [9.17, 15) is 14.4 Å². The highest BCUT2D eigenvalue weighted by atomic mass is 16.4. The van der Waals surface area contributed by atoms with Gasteiger partial charge in [-0.1, -0.05) is 0 Å². The zero-order chi connectivity index (χ0) is 13.5. The van der Waals surface area contributed by atoms with Crippen molar-refractivity contribution in [2.75, 3.05) is 0 Å². The maximum Gasteiger partial charge on any atom is 0.326 e. The van der Waals surface area contributed by atoms with Crippen molar-refractivity contribution in [2.45, 2.75) is 44.2 Å². The summed E-state index contributed by atoms with van der Waals surface area (Å²) in [6.07, 6.45) is 7.07. The van der Waals surface area contributed by atoms with Crippen LogP contribution in [0.15, 0.2) is 0 Å². The lowest BCUT2D eigenvalue weighted by molar-refractivity contribution is -0.142. The molecule has 1 aliphatic heterocycles. The first-order valence-corrected chi connectivity index (χ1v) is 5.80. The molecule has 0 aromatic rings. The lowest BCUT2D eigenvalue weighted by Gasteiger charge is -2.16. The molecule has 98 valence electrons. The van der Waals surface area contributed by atoms with Crippen LogP contribution in [0.4, 0.5) is 0 Å². The van der Waals surface area contributed by atoms with Crippen molar-refractivity contribution in [3.8, 4) is 12.3 Å². The van der Waals surface area contributed by atoms with Crippen LogP contribution in [-0.4, -0.2) is 35.0 Å². The molecule has 6 heteroatoms. The third kappa shape index (κ3) is 4.09. The van der Waals surface area contributed by atoms with Crippen LogP contribution in [0.1, 0.15) is 32.1 Å². The maximum atomic E-state index is 11.7. The van der Waals surface area contributed by atoms with Crippen molar-refractivity contribution < 1.29 is 19.5 Å². The van der Waals surface area contributed by atoms with Crippen LogP contribution in [-0.2, 0) is 14.4 Å². The molecule has 2 atom stereocenters. The highest BCUT2D eigenvalue weighted by Crippen LogP contribution is 2.08. The van der Waals surface area contributed by atoms with Crippen LogP contribution >= 0.6 is 0 Å². The van der Waals surface area contributed by atoms with Gasteiger partial charge in [-0.25, -0.2) is 4.79 Å². The van der Waals surface area contributed by atoms with Crippen LogP contribution in [0, 0.1) is 12.3 Å². The standard InChI is InChI=1S/C12H16N2O4/c1-2-3-4-5-9(12(17)18)14-11(16)8-6-7-10(15)13-8/h1,8-9H,3-7H2,(H,13,15)(H,14,16)(H,17,18)/t8-,9+/m0/s1. The van der Waals surface area contributed by atoms with Crippen molar-refractivity contribution in [3.63, 3.8) is 0 Å². The Labute approximate surface area is 105 Å². The normalized spacial score (nSPS) is 19.7. The van der Waals surface area contributed by atoms with Crippen molar-refractivity contribution in [1.29, 1.82) is 0 Å². The Morgan fingerprint density at radius 2 is 2.33 bits per heavy atom. The van der Waals surface area contributed by atoms with E-state index in [2.05, 4.69) is 16.6 Å². The number of rotatable bonds is 6. The second-order valence-corrected chi connectivity index (χ2v) is 4.15. The first-order valence-electron chi connectivity index (χ1n) is 5.80. The molecule has 1 fully saturated rings. The van der Waals surface area contributed by atoms with Gasteiger partial charge in [-0.3, -0.25) is 9.59 Å². The fourth-order valence-electron chi connectivity index (χ4n) is 1.75. The minimum absolute atomic E-state index is 0.186. The predicted molar refractivity (Wildman–Crippen MR) is 63.4 cm³/mol. The summed E-state index contributed by atoms with van der Waals surface area (Å²) in [6, 6.07) is -1.57. The molecule has 1 aliphatic rings. The first-order chi connectivity index (χ1) is 8.54. The number of hydrogen-bond acceptors (Lipinski definition) is 3. The number of amides is 2. The van der Waals surface area contributed by atoms with E-state index in [0.717, 1.165) is 0 Å². The lowest BCUT2D eigenvalue weighted by atomic mass is 10.1. The molecule has 0 radical (unpaired) electrons. The fraction of sp³-hybridized carbons (Fsp3) is 0.583. The Bertz CT molecular complexity index is 386. The van der Waals surface area contributed by atoms with E-state index >= 15 is 0 Å². The SMILES string of the molecule is C#CCCC[C@@H](NC(=O)[C@@H]1CCC(=O)N1)C(=O)O. The van der Waals surface area contributed by atoms with E-state index in [1.54, 1.807) is 0 Å². The van der Waals surface area contributed by atoms with E-state index < -0.39 is 24.0 Å². The minimum atomic E-state index is -1.09. The zero-order valence-electron chi connectivity index (χ0n) is 9.94. The number of terminal acetylenes is 1. The van der Waals surface area contributed by atoms with Crippen LogP contribution in [0.25, 0.3) is 0 Å². The Hall–Kier alpha value is -2.03. The van der Waals surface area contributed by atoms with Gasteiger partial charge in [0.2, 0.25) is 11.8 Å². The molecule has 0 aromatic carbocycles. The highest BCUT2D eigenvalue weighted by molar-refractivity contribution is 5.92. The Morgan fingerprint density at radius 3 is 2.83 bits per heavy atom. The van der Waals surface area contributed by atoms with Crippen LogP contribution in [0.3, 0.4) is 0 Å². The van der Waals surface area contributed by atoms with Gasteiger partial charge in [-0.05, 0) is 19.3 Å².